The Morgan fingerprint density at radius 1 is 1.15 bits per heavy atom. The van der Waals surface area contributed by atoms with E-state index in [2.05, 4.69) is 17.5 Å². The molecule has 2 aliphatic rings. The van der Waals surface area contributed by atoms with E-state index in [1.54, 1.807) is 0 Å². The van der Waals surface area contributed by atoms with Crippen LogP contribution in [0.5, 0.6) is 0 Å². The van der Waals surface area contributed by atoms with Gasteiger partial charge in [0.15, 0.2) is 0 Å². The van der Waals surface area contributed by atoms with E-state index in [0.29, 0.717) is 12.1 Å². The quantitative estimate of drug-likeness (QED) is 0.657. The fourth-order valence-electron chi connectivity index (χ4n) is 2.12. The number of hydrogen-bond acceptors (Lipinski definition) is 2. The summed E-state index contributed by atoms with van der Waals surface area (Å²) in [6.07, 6.45) is 10.9. The lowest BCUT2D eigenvalue weighted by atomic mass is 10.0. The van der Waals surface area contributed by atoms with Gasteiger partial charge in [0.05, 0.1) is 0 Å². The lowest BCUT2D eigenvalue weighted by molar-refractivity contribution is 0.0759. The molecule has 1 aliphatic carbocycles. The molecule has 0 bridgehead atoms. The van der Waals surface area contributed by atoms with Crippen LogP contribution in [0.25, 0.3) is 0 Å². The first-order valence-corrected chi connectivity index (χ1v) is 5.45. The van der Waals surface area contributed by atoms with Gasteiger partial charge in [-0.1, -0.05) is 12.2 Å². The summed E-state index contributed by atoms with van der Waals surface area (Å²) in [4.78, 5) is 0. The van der Waals surface area contributed by atoms with Gasteiger partial charge < -0.3 is 10.1 Å². The topological polar surface area (TPSA) is 21.3 Å². The van der Waals surface area contributed by atoms with Gasteiger partial charge in [0.1, 0.15) is 0 Å². The van der Waals surface area contributed by atoms with E-state index < -0.39 is 0 Å². The maximum absolute atomic E-state index is 5.33. The molecule has 1 N–H and O–H groups in total. The molecule has 1 fully saturated rings. The molecule has 1 unspecified atom stereocenters. The van der Waals surface area contributed by atoms with Gasteiger partial charge in [0.25, 0.3) is 0 Å². The van der Waals surface area contributed by atoms with Crippen molar-refractivity contribution < 1.29 is 4.74 Å². The van der Waals surface area contributed by atoms with Gasteiger partial charge in [-0.15, -0.1) is 0 Å². The molecule has 0 spiro atoms. The van der Waals surface area contributed by atoms with Crippen LogP contribution in [0.2, 0.25) is 0 Å². The van der Waals surface area contributed by atoms with Crippen molar-refractivity contribution in [3.8, 4) is 0 Å². The Bertz CT molecular complexity index is 173. The number of nitrogens with one attached hydrogen (secondary N) is 1. The molecule has 0 radical (unpaired) electrons. The molecule has 2 heteroatoms. The standard InChI is InChI=1S/C11H19NO/c1-2-4-10(5-3-1)12-11-6-8-13-9-7-11/h2,4,10-12H,1,3,5-9H2. The molecular formula is C11H19NO. The summed E-state index contributed by atoms with van der Waals surface area (Å²) in [6, 6.07) is 1.33. The average molecular weight is 181 g/mol. The van der Waals surface area contributed by atoms with Gasteiger partial charge in [-0.2, -0.15) is 0 Å². The molecule has 1 heterocycles. The summed E-state index contributed by atoms with van der Waals surface area (Å²) >= 11 is 0. The minimum absolute atomic E-state index is 0.636. The summed E-state index contributed by atoms with van der Waals surface area (Å²) in [5.74, 6) is 0. The number of rotatable bonds is 2. The van der Waals surface area contributed by atoms with Crippen LogP contribution >= 0.6 is 0 Å². The van der Waals surface area contributed by atoms with Crippen LogP contribution in [0.4, 0.5) is 0 Å². The molecule has 0 aromatic carbocycles. The Morgan fingerprint density at radius 2 is 2.00 bits per heavy atom. The Labute approximate surface area is 80.4 Å². The third kappa shape index (κ3) is 2.82. The van der Waals surface area contributed by atoms with Crippen molar-refractivity contribution in [3.05, 3.63) is 12.2 Å². The SMILES string of the molecule is C1=CC(NC2CCOCC2)CCC1. The number of hydrogen-bond donors (Lipinski definition) is 1. The van der Waals surface area contributed by atoms with E-state index >= 15 is 0 Å². The summed E-state index contributed by atoms with van der Waals surface area (Å²) < 4.78 is 5.33. The molecule has 13 heavy (non-hydrogen) atoms. The Balaban J connectivity index is 1.75. The zero-order valence-electron chi connectivity index (χ0n) is 8.17. The molecule has 2 nitrogen and oxygen atoms in total. The Hall–Kier alpha value is -0.340. The van der Waals surface area contributed by atoms with Crippen molar-refractivity contribution in [3.63, 3.8) is 0 Å². The lowest BCUT2D eigenvalue weighted by Gasteiger charge is -2.28. The molecule has 1 saturated heterocycles. The van der Waals surface area contributed by atoms with E-state index in [1.807, 2.05) is 0 Å². The molecule has 2 rings (SSSR count). The van der Waals surface area contributed by atoms with Crippen LogP contribution in [-0.2, 0) is 4.74 Å². The third-order valence-electron chi connectivity index (χ3n) is 2.93. The number of ether oxygens (including phenoxy) is 1. The van der Waals surface area contributed by atoms with Crippen molar-refractivity contribution in [1.82, 2.24) is 5.32 Å². The fourth-order valence-corrected chi connectivity index (χ4v) is 2.12. The lowest BCUT2D eigenvalue weighted by Crippen LogP contribution is -2.41. The highest BCUT2D eigenvalue weighted by Crippen LogP contribution is 2.14. The van der Waals surface area contributed by atoms with Crippen molar-refractivity contribution in [1.29, 1.82) is 0 Å². The zero-order chi connectivity index (χ0) is 8.93. The first-order chi connectivity index (χ1) is 6.45. The zero-order valence-corrected chi connectivity index (χ0v) is 8.17. The van der Waals surface area contributed by atoms with Crippen molar-refractivity contribution >= 4 is 0 Å². The van der Waals surface area contributed by atoms with E-state index in [4.69, 9.17) is 4.74 Å². The second-order valence-electron chi connectivity index (χ2n) is 4.02. The maximum atomic E-state index is 5.33. The molecule has 0 aromatic heterocycles. The molecule has 1 aliphatic heterocycles. The predicted molar refractivity (Wildman–Crippen MR) is 53.8 cm³/mol. The van der Waals surface area contributed by atoms with E-state index in [-0.39, 0.29) is 0 Å². The monoisotopic (exact) mass is 181 g/mol. The summed E-state index contributed by atoms with van der Waals surface area (Å²) in [5, 5.41) is 3.69. The first-order valence-electron chi connectivity index (χ1n) is 5.45. The molecule has 74 valence electrons. The van der Waals surface area contributed by atoms with Crippen molar-refractivity contribution in [2.24, 2.45) is 0 Å². The van der Waals surface area contributed by atoms with Crippen LogP contribution in [0, 0.1) is 0 Å². The highest BCUT2D eigenvalue weighted by molar-refractivity contribution is 4.98. The van der Waals surface area contributed by atoms with Gasteiger partial charge in [-0.25, -0.2) is 0 Å². The molecule has 0 saturated carbocycles. The average Bonchev–Trinajstić information content (AvgIpc) is 2.21. The van der Waals surface area contributed by atoms with Gasteiger partial charge in [-0.05, 0) is 32.1 Å². The summed E-state index contributed by atoms with van der Waals surface area (Å²) in [5.41, 5.74) is 0. The van der Waals surface area contributed by atoms with Crippen LogP contribution < -0.4 is 5.32 Å². The van der Waals surface area contributed by atoms with Crippen LogP contribution in [-0.4, -0.2) is 25.3 Å². The van der Waals surface area contributed by atoms with E-state index in [1.165, 1.54) is 32.1 Å². The van der Waals surface area contributed by atoms with Crippen molar-refractivity contribution in [2.75, 3.05) is 13.2 Å². The smallest absolute Gasteiger partial charge is 0.0480 e. The van der Waals surface area contributed by atoms with Gasteiger partial charge in [0, 0.05) is 25.3 Å². The fraction of sp³-hybridized carbons (Fsp3) is 0.818. The predicted octanol–water partition coefficient (Wildman–Crippen LogP) is 1.86. The Morgan fingerprint density at radius 3 is 2.69 bits per heavy atom. The van der Waals surface area contributed by atoms with Gasteiger partial charge in [-0.3, -0.25) is 0 Å². The van der Waals surface area contributed by atoms with Gasteiger partial charge >= 0.3 is 0 Å². The molecule has 1 atom stereocenters. The largest absolute Gasteiger partial charge is 0.381 e. The number of allylic oxidation sites excluding steroid dienone is 1. The van der Waals surface area contributed by atoms with Crippen LogP contribution in [0.3, 0.4) is 0 Å². The third-order valence-corrected chi connectivity index (χ3v) is 2.93. The maximum Gasteiger partial charge on any atom is 0.0480 e. The Kier molecular flexibility index (Phi) is 3.39. The summed E-state index contributed by atoms with van der Waals surface area (Å²) in [6.45, 7) is 1.88. The molecular weight excluding hydrogens is 162 g/mol. The molecule has 0 aromatic rings. The summed E-state index contributed by atoms with van der Waals surface area (Å²) in [7, 11) is 0. The van der Waals surface area contributed by atoms with E-state index in [0.717, 1.165) is 13.2 Å². The highest BCUT2D eigenvalue weighted by atomic mass is 16.5. The second kappa shape index (κ2) is 4.77. The first kappa shape index (κ1) is 9.22. The van der Waals surface area contributed by atoms with Crippen LogP contribution in [0.1, 0.15) is 32.1 Å². The molecule has 0 amide bonds. The minimum Gasteiger partial charge on any atom is -0.381 e. The highest BCUT2D eigenvalue weighted by Gasteiger charge is 2.17. The minimum atomic E-state index is 0.636. The van der Waals surface area contributed by atoms with Crippen LogP contribution in [0.15, 0.2) is 12.2 Å². The van der Waals surface area contributed by atoms with Gasteiger partial charge in [0.2, 0.25) is 0 Å². The second-order valence-corrected chi connectivity index (χ2v) is 4.02. The van der Waals surface area contributed by atoms with E-state index in [9.17, 15) is 0 Å². The normalized spacial score (nSPS) is 30.6. The van der Waals surface area contributed by atoms with Crippen molar-refractivity contribution in [2.45, 2.75) is 44.2 Å².